The molecule has 1 aromatic heterocycles. The fourth-order valence-corrected chi connectivity index (χ4v) is 7.78. The molecule has 0 saturated heterocycles. The van der Waals surface area contributed by atoms with Gasteiger partial charge in [0.25, 0.3) is 0 Å². The predicted octanol–water partition coefficient (Wildman–Crippen LogP) is 4.83. The van der Waals surface area contributed by atoms with Gasteiger partial charge in [0, 0.05) is 65.1 Å². The first-order chi connectivity index (χ1) is 30.7. The number of aromatic nitrogens is 3. The Morgan fingerprint density at radius 3 is 2.05 bits per heavy atom. The van der Waals surface area contributed by atoms with Gasteiger partial charge in [0.1, 0.15) is 11.5 Å². The second-order valence-electron chi connectivity index (χ2n) is 18.0. The molecular formula is C48H80N6O10. The van der Waals surface area contributed by atoms with Crippen LogP contribution in [-0.4, -0.2) is 125 Å². The second kappa shape index (κ2) is 31.2. The van der Waals surface area contributed by atoms with Gasteiger partial charge in [-0.25, -0.2) is 0 Å². The van der Waals surface area contributed by atoms with Crippen LogP contribution in [0.25, 0.3) is 0 Å². The van der Waals surface area contributed by atoms with Crippen molar-refractivity contribution in [1.29, 1.82) is 0 Å². The first kappa shape index (κ1) is 54.5. The number of hydrogen-bond acceptors (Lipinski definition) is 13. The minimum atomic E-state index is -0.898. The van der Waals surface area contributed by atoms with Crippen LogP contribution in [0.15, 0.2) is 18.3 Å². The van der Waals surface area contributed by atoms with Gasteiger partial charge in [0.2, 0.25) is 11.8 Å². The van der Waals surface area contributed by atoms with E-state index >= 15 is 0 Å². The lowest BCUT2D eigenvalue weighted by atomic mass is 9.87. The maximum absolute atomic E-state index is 13.1. The quantitative estimate of drug-likeness (QED) is 0.0329. The fourth-order valence-electron chi connectivity index (χ4n) is 7.78. The van der Waals surface area contributed by atoms with E-state index < -0.39 is 24.3 Å². The van der Waals surface area contributed by atoms with Crippen LogP contribution in [0.2, 0.25) is 0 Å². The number of benzene rings is 1. The number of aliphatic hydroxyl groups is 3. The van der Waals surface area contributed by atoms with Gasteiger partial charge in [0.05, 0.1) is 56.9 Å². The van der Waals surface area contributed by atoms with E-state index in [1.807, 2.05) is 46.0 Å². The lowest BCUT2D eigenvalue weighted by Crippen LogP contribution is -2.38. The highest BCUT2D eigenvalue weighted by Gasteiger charge is 2.22. The number of aryl methyl sites for hydroxylation is 3. The maximum Gasteiger partial charge on any atom is 0.311 e. The summed E-state index contributed by atoms with van der Waals surface area (Å²) in [4.78, 5) is 49.5. The van der Waals surface area contributed by atoms with Crippen molar-refractivity contribution < 1.29 is 48.7 Å². The molecule has 0 bridgehead atoms. The maximum atomic E-state index is 13.1. The van der Waals surface area contributed by atoms with Crippen molar-refractivity contribution in [3.05, 3.63) is 40.7 Å². The van der Waals surface area contributed by atoms with Crippen LogP contribution in [0.3, 0.4) is 0 Å². The number of carbonyl (C=O) groups is 4. The van der Waals surface area contributed by atoms with Crippen LogP contribution in [0, 0.1) is 5.92 Å². The molecule has 0 aliphatic heterocycles. The topological polar surface area (TPSA) is 223 Å². The minimum absolute atomic E-state index is 0.0204. The van der Waals surface area contributed by atoms with Gasteiger partial charge < -0.3 is 45.5 Å². The number of Topliss-reactive ketones (excluding diaryl/α,β-unsaturated/α-hetero) is 1. The summed E-state index contributed by atoms with van der Waals surface area (Å²) in [6.45, 7) is 12.2. The number of aliphatic hydroxyl groups excluding tert-OH is 3. The van der Waals surface area contributed by atoms with E-state index in [0.29, 0.717) is 57.1 Å². The van der Waals surface area contributed by atoms with E-state index in [1.165, 1.54) is 39.0 Å². The number of ketones is 1. The van der Waals surface area contributed by atoms with Crippen LogP contribution in [0.1, 0.15) is 159 Å². The zero-order chi connectivity index (χ0) is 46.7. The molecule has 0 spiro atoms. The third-order valence-electron chi connectivity index (χ3n) is 11.5. The van der Waals surface area contributed by atoms with Crippen molar-refractivity contribution in [2.24, 2.45) is 5.92 Å². The minimum Gasteiger partial charge on any atom is -0.426 e. The van der Waals surface area contributed by atoms with Gasteiger partial charge in [0.15, 0.2) is 0 Å². The van der Waals surface area contributed by atoms with Gasteiger partial charge >= 0.3 is 5.97 Å². The Balaban J connectivity index is 1.31. The fraction of sp³-hybridized carbons (Fsp3) is 0.750. The number of rotatable bonds is 32. The lowest BCUT2D eigenvalue weighted by Gasteiger charge is -2.25. The lowest BCUT2D eigenvalue weighted by molar-refractivity contribution is -0.136. The molecule has 1 aromatic carbocycles. The van der Waals surface area contributed by atoms with E-state index in [1.54, 1.807) is 4.68 Å². The van der Waals surface area contributed by atoms with Gasteiger partial charge in [-0.15, -0.1) is 5.10 Å². The van der Waals surface area contributed by atoms with E-state index in [4.69, 9.17) is 14.2 Å². The molecule has 6 N–H and O–H groups in total. The molecule has 3 unspecified atom stereocenters. The summed E-state index contributed by atoms with van der Waals surface area (Å²) >= 11 is 0. The Labute approximate surface area is 381 Å². The number of esters is 1. The molecule has 1 heterocycles. The number of nitrogens with zero attached hydrogens (tertiary/aromatic N) is 3. The Morgan fingerprint density at radius 2 is 1.41 bits per heavy atom. The summed E-state index contributed by atoms with van der Waals surface area (Å²) in [6, 6.07) is 3.95. The monoisotopic (exact) mass is 901 g/mol. The highest BCUT2D eigenvalue weighted by atomic mass is 16.5. The summed E-state index contributed by atoms with van der Waals surface area (Å²) in [7, 11) is 0. The van der Waals surface area contributed by atoms with Crippen molar-refractivity contribution in [1.82, 2.24) is 30.9 Å². The van der Waals surface area contributed by atoms with Crippen LogP contribution in [-0.2, 0) is 48.0 Å². The van der Waals surface area contributed by atoms with E-state index in [2.05, 4.69) is 26.3 Å². The van der Waals surface area contributed by atoms with Gasteiger partial charge in [-0.3, -0.25) is 23.9 Å². The van der Waals surface area contributed by atoms with Crippen molar-refractivity contribution in [3.8, 4) is 5.75 Å². The Hall–Kier alpha value is -3.80. The normalized spacial score (nSPS) is 15.1. The molecule has 16 heteroatoms. The molecule has 2 aromatic rings. The van der Waals surface area contributed by atoms with E-state index in [9.17, 15) is 34.5 Å². The van der Waals surface area contributed by atoms with Crippen LogP contribution < -0.4 is 20.7 Å². The number of nitrogens with one attached hydrogen (secondary N) is 3. The first-order valence-electron chi connectivity index (χ1n) is 23.9. The zero-order valence-corrected chi connectivity index (χ0v) is 39.4. The van der Waals surface area contributed by atoms with E-state index in [0.717, 1.165) is 54.5 Å². The third-order valence-corrected chi connectivity index (χ3v) is 11.5. The molecule has 1 fully saturated rings. The number of ether oxygens (including phenoxy) is 3. The molecule has 3 rings (SSSR count). The van der Waals surface area contributed by atoms with Crippen molar-refractivity contribution in [3.63, 3.8) is 0 Å². The summed E-state index contributed by atoms with van der Waals surface area (Å²) < 4.78 is 18.7. The van der Waals surface area contributed by atoms with Crippen LogP contribution in [0.4, 0.5) is 0 Å². The average Bonchev–Trinajstić information content (AvgIpc) is 3.69. The standard InChI is InChI=1S/C48H80N6O10/c1-34(2)43-26-37(18-20-46(60)51-29-42(58)33-63-25-24-62-32-41(57)28-49-30-45(59)38-14-9-7-6-8-10-15-38)27-44(35(3)4)48(43)64-47(61)21-19-40(56)17-13-23-54-31-39(52-53-54)16-11-12-22-50-36(5)55/h26-27,31,34-35,38,41-42,45,49,57-59H,6-25,28-30,32-33H2,1-5H3,(H,50,55)(H,51,60). The second-order valence-corrected chi connectivity index (χ2v) is 18.0. The number of unbranched alkanes of at least 4 members (excludes halogenated alkanes) is 1. The van der Waals surface area contributed by atoms with Crippen LogP contribution >= 0.6 is 0 Å². The summed E-state index contributed by atoms with van der Waals surface area (Å²) in [5.41, 5.74) is 3.53. The van der Waals surface area contributed by atoms with Crippen molar-refractivity contribution in [2.45, 2.75) is 174 Å². The van der Waals surface area contributed by atoms with Crippen LogP contribution in [0.5, 0.6) is 5.75 Å². The smallest absolute Gasteiger partial charge is 0.311 e. The molecule has 3 atom stereocenters. The number of carbonyl (C=O) groups excluding carboxylic acids is 4. The molecule has 1 aliphatic carbocycles. The Kier molecular flexibility index (Phi) is 26.6. The summed E-state index contributed by atoms with van der Waals surface area (Å²) in [5, 5.41) is 48.2. The highest BCUT2D eigenvalue weighted by molar-refractivity contribution is 5.84. The molecule has 16 nitrogen and oxygen atoms in total. The SMILES string of the molecule is CC(=O)NCCCCc1cn(CCCC(=O)CCC(=O)Oc2c(C(C)C)cc(CCC(=O)NCC(O)COCCOCC(O)CNCC(O)C3CCCCCCC3)cc2C(C)C)nn1. The molecule has 1 saturated carbocycles. The van der Waals surface area contributed by atoms with Gasteiger partial charge in [-0.2, -0.15) is 0 Å². The highest BCUT2D eigenvalue weighted by Crippen LogP contribution is 2.37. The Bertz CT molecular complexity index is 1630. The molecule has 362 valence electrons. The zero-order valence-electron chi connectivity index (χ0n) is 39.4. The van der Waals surface area contributed by atoms with Gasteiger partial charge in [-0.1, -0.05) is 77.1 Å². The van der Waals surface area contributed by atoms with E-state index in [-0.39, 0.29) is 81.7 Å². The van der Waals surface area contributed by atoms with Crippen molar-refractivity contribution >= 4 is 23.6 Å². The number of hydrogen-bond donors (Lipinski definition) is 6. The molecule has 64 heavy (non-hydrogen) atoms. The molecule has 2 amide bonds. The first-order valence-corrected chi connectivity index (χ1v) is 23.9. The Morgan fingerprint density at radius 1 is 0.766 bits per heavy atom. The summed E-state index contributed by atoms with van der Waals surface area (Å²) in [5.74, 6) is 0.162. The van der Waals surface area contributed by atoms with Gasteiger partial charge in [-0.05, 0) is 79.4 Å². The molecule has 0 radical (unpaired) electrons. The average molecular weight is 901 g/mol. The molecule has 1 aliphatic rings. The van der Waals surface area contributed by atoms with Crippen molar-refractivity contribution in [2.75, 3.05) is 52.6 Å². The third kappa shape index (κ3) is 22.9. The number of amides is 2. The largest absolute Gasteiger partial charge is 0.426 e. The summed E-state index contributed by atoms with van der Waals surface area (Å²) in [6.07, 6.45) is 12.2. The predicted molar refractivity (Wildman–Crippen MR) is 245 cm³/mol. The molecular weight excluding hydrogens is 821 g/mol.